The molecule has 0 N–H and O–H groups in total. The number of hydrogen-bond donors (Lipinski definition) is 0. The van der Waals surface area contributed by atoms with Crippen LogP contribution in [0.1, 0.15) is 20.8 Å². The fraction of sp³-hybridized carbons (Fsp3) is 0.462. The molecule has 94 valence electrons. The SMILES string of the molecule is C=C1C=C(N(C)C(=O)OC(C)(C)C)C=CN1C. The molecule has 0 bridgehead atoms. The number of ether oxygens (including phenoxy) is 1. The Morgan fingerprint density at radius 1 is 1.47 bits per heavy atom. The quantitative estimate of drug-likeness (QED) is 0.701. The van der Waals surface area contributed by atoms with Crippen molar-refractivity contribution in [3.05, 3.63) is 36.3 Å². The van der Waals surface area contributed by atoms with Crippen LogP contribution in [0.4, 0.5) is 4.79 Å². The summed E-state index contributed by atoms with van der Waals surface area (Å²) in [6.07, 6.45) is 5.17. The Labute approximate surface area is 103 Å². The van der Waals surface area contributed by atoms with Crippen LogP contribution in [0.2, 0.25) is 0 Å². The van der Waals surface area contributed by atoms with Gasteiger partial charge in [-0.15, -0.1) is 0 Å². The lowest BCUT2D eigenvalue weighted by molar-refractivity contribution is 0.0358. The lowest BCUT2D eigenvalue weighted by atomic mass is 10.2. The predicted octanol–water partition coefficient (Wildman–Crippen LogP) is 2.71. The van der Waals surface area contributed by atoms with Gasteiger partial charge in [-0.25, -0.2) is 4.79 Å². The minimum Gasteiger partial charge on any atom is -0.443 e. The first-order valence-corrected chi connectivity index (χ1v) is 5.49. The molecule has 0 aromatic heterocycles. The van der Waals surface area contributed by atoms with Crippen molar-refractivity contribution < 1.29 is 9.53 Å². The van der Waals surface area contributed by atoms with E-state index < -0.39 is 5.60 Å². The molecule has 0 radical (unpaired) electrons. The molecule has 1 amide bonds. The summed E-state index contributed by atoms with van der Waals surface area (Å²) in [7, 11) is 3.59. The summed E-state index contributed by atoms with van der Waals surface area (Å²) in [5.41, 5.74) is 1.11. The van der Waals surface area contributed by atoms with Gasteiger partial charge in [0.1, 0.15) is 5.60 Å². The third-order valence-corrected chi connectivity index (χ3v) is 2.29. The molecule has 0 aromatic carbocycles. The average Bonchev–Trinajstić information content (AvgIpc) is 2.18. The molecular weight excluding hydrogens is 216 g/mol. The Bertz CT molecular complexity index is 389. The zero-order valence-corrected chi connectivity index (χ0v) is 11.2. The lowest BCUT2D eigenvalue weighted by Gasteiger charge is -2.27. The normalized spacial score (nSPS) is 15.7. The third kappa shape index (κ3) is 3.66. The number of nitrogens with zero attached hydrogens (tertiary/aromatic N) is 2. The number of allylic oxidation sites excluding steroid dienone is 2. The molecule has 0 aliphatic carbocycles. The molecule has 4 heteroatoms. The molecule has 1 heterocycles. The molecule has 17 heavy (non-hydrogen) atoms. The number of carbonyl (C=O) groups is 1. The first-order valence-electron chi connectivity index (χ1n) is 5.49. The van der Waals surface area contributed by atoms with E-state index in [4.69, 9.17) is 4.74 Å². The fourth-order valence-electron chi connectivity index (χ4n) is 1.25. The van der Waals surface area contributed by atoms with Crippen molar-refractivity contribution in [2.45, 2.75) is 26.4 Å². The highest BCUT2D eigenvalue weighted by molar-refractivity contribution is 5.71. The molecule has 0 aromatic rings. The van der Waals surface area contributed by atoms with Crippen LogP contribution in [-0.4, -0.2) is 35.6 Å². The molecule has 1 aliphatic rings. The van der Waals surface area contributed by atoms with E-state index in [0.29, 0.717) is 0 Å². The maximum absolute atomic E-state index is 11.8. The Hall–Kier alpha value is -1.71. The monoisotopic (exact) mass is 236 g/mol. The van der Waals surface area contributed by atoms with E-state index >= 15 is 0 Å². The average molecular weight is 236 g/mol. The molecule has 0 saturated carbocycles. The van der Waals surface area contributed by atoms with Gasteiger partial charge in [0.2, 0.25) is 0 Å². The second-order valence-corrected chi connectivity index (χ2v) is 5.03. The van der Waals surface area contributed by atoms with Crippen molar-refractivity contribution in [2.75, 3.05) is 14.1 Å². The third-order valence-electron chi connectivity index (χ3n) is 2.29. The van der Waals surface area contributed by atoms with Crippen LogP contribution in [0.5, 0.6) is 0 Å². The van der Waals surface area contributed by atoms with Gasteiger partial charge >= 0.3 is 6.09 Å². The van der Waals surface area contributed by atoms with Crippen LogP contribution in [0.3, 0.4) is 0 Å². The zero-order chi connectivity index (χ0) is 13.2. The molecule has 0 spiro atoms. The second-order valence-electron chi connectivity index (χ2n) is 5.03. The minimum atomic E-state index is -0.488. The molecule has 0 unspecified atom stereocenters. The van der Waals surface area contributed by atoms with Crippen molar-refractivity contribution in [2.24, 2.45) is 0 Å². The number of carbonyl (C=O) groups excluding carboxylic acids is 1. The first kappa shape index (κ1) is 13.4. The smallest absolute Gasteiger partial charge is 0.414 e. The van der Waals surface area contributed by atoms with Gasteiger partial charge in [0.15, 0.2) is 0 Å². The maximum atomic E-state index is 11.8. The summed E-state index contributed by atoms with van der Waals surface area (Å²) in [5, 5.41) is 0. The molecular formula is C13H20N2O2. The molecule has 1 aliphatic heterocycles. The lowest BCUT2D eigenvalue weighted by Crippen LogP contribution is -2.34. The number of rotatable bonds is 1. The molecule has 4 nitrogen and oxygen atoms in total. The van der Waals surface area contributed by atoms with Gasteiger partial charge in [-0.05, 0) is 32.9 Å². The topological polar surface area (TPSA) is 32.8 Å². The highest BCUT2D eigenvalue weighted by atomic mass is 16.6. The summed E-state index contributed by atoms with van der Waals surface area (Å²) in [5.74, 6) is 0. The van der Waals surface area contributed by atoms with Crippen LogP contribution in [-0.2, 0) is 4.74 Å². The standard InChI is InChI=1S/C13H20N2O2/c1-10-9-11(7-8-14(10)5)15(6)12(16)17-13(2,3)4/h7-9H,1H2,2-6H3. The molecule has 1 rings (SSSR count). The van der Waals surface area contributed by atoms with E-state index in [0.717, 1.165) is 11.4 Å². The van der Waals surface area contributed by atoms with Gasteiger partial charge in [-0.1, -0.05) is 6.58 Å². The Morgan fingerprint density at radius 3 is 2.53 bits per heavy atom. The van der Waals surface area contributed by atoms with Gasteiger partial charge in [0, 0.05) is 26.0 Å². The Morgan fingerprint density at radius 2 is 2.06 bits per heavy atom. The minimum absolute atomic E-state index is 0.370. The number of likely N-dealkylation sites (N-methyl/N-ethyl adjacent to an activating group) is 2. The second kappa shape index (κ2) is 4.65. The van der Waals surface area contributed by atoms with Crippen molar-refractivity contribution in [3.63, 3.8) is 0 Å². The summed E-state index contributed by atoms with van der Waals surface area (Å²) in [6, 6.07) is 0. The largest absolute Gasteiger partial charge is 0.443 e. The van der Waals surface area contributed by atoms with E-state index in [2.05, 4.69) is 6.58 Å². The van der Waals surface area contributed by atoms with Gasteiger partial charge in [-0.3, -0.25) is 4.90 Å². The molecule has 0 saturated heterocycles. The van der Waals surface area contributed by atoms with Crippen molar-refractivity contribution >= 4 is 6.09 Å². The van der Waals surface area contributed by atoms with E-state index in [-0.39, 0.29) is 6.09 Å². The highest BCUT2D eigenvalue weighted by Gasteiger charge is 2.22. The van der Waals surface area contributed by atoms with E-state index in [1.54, 1.807) is 7.05 Å². The molecule has 0 fully saturated rings. The summed E-state index contributed by atoms with van der Waals surface area (Å²) >= 11 is 0. The van der Waals surface area contributed by atoms with Gasteiger partial charge in [-0.2, -0.15) is 0 Å². The van der Waals surface area contributed by atoms with E-state index in [1.807, 2.05) is 51.1 Å². The van der Waals surface area contributed by atoms with Gasteiger partial charge < -0.3 is 9.64 Å². The van der Waals surface area contributed by atoms with Crippen molar-refractivity contribution in [1.82, 2.24) is 9.80 Å². The van der Waals surface area contributed by atoms with E-state index in [1.165, 1.54) is 4.90 Å². The number of amides is 1. The zero-order valence-electron chi connectivity index (χ0n) is 11.2. The van der Waals surface area contributed by atoms with E-state index in [9.17, 15) is 4.79 Å². The number of hydrogen-bond acceptors (Lipinski definition) is 3. The first-order chi connectivity index (χ1) is 7.70. The van der Waals surface area contributed by atoms with Crippen LogP contribution < -0.4 is 0 Å². The Kier molecular flexibility index (Phi) is 3.66. The van der Waals surface area contributed by atoms with Crippen LogP contribution >= 0.6 is 0 Å². The summed E-state index contributed by atoms with van der Waals surface area (Å²) in [4.78, 5) is 15.2. The summed E-state index contributed by atoms with van der Waals surface area (Å²) < 4.78 is 5.28. The summed E-state index contributed by atoms with van der Waals surface area (Å²) in [6.45, 7) is 9.41. The van der Waals surface area contributed by atoms with Crippen LogP contribution in [0.25, 0.3) is 0 Å². The maximum Gasteiger partial charge on any atom is 0.414 e. The van der Waals surface area contributed by atoms with Crippen molar-refractivity contribution in [1.29, 1.82) is 0 Å². The predicted molar refractivity (Wildman–Crippen MR) is 68.1 cm³/mol. The van der Waals surface area contributed by atoms with Gasteiger partial charge in [0.05, 0.1) is 5.70 Å². The highest BCUT2D eigenvalue weighted by Crippen LogP contribution is 2.18. The van der Waals surface area contributed by atoms with Crippen molar-refractivity contribution in [3.8, 4) is 0 Å². The molecule has 0 atom stereocenters. The fourth-order valence-corrected chi connectivity index (χ4v) is 1.25. The van der Waals surface area contributed by atoms with Crippen LogP contribution in [0.15, 0.2) is 36.3 Å². The Balaban J connectivity index is 2.75. The van der Waals surface area contributed by atoms with Crippen LogP contribution in [0, 0.1) is 0 Å². The van der Waals surface area contributed by atoms with Gasteiger partial charge in [0.25, 0.3) is 0 Å².